The van der Waals surface area contributed by atoms with Gasteiger partial charge in [0.05, 0.1) is 0 Å². The zero-order valence-corrected chi connectivity index (χ0v) is 21.8. The Morgan fingerprint density at radius 3 is 1.25 bits per heavy atom. The first kappa shape index (κ1) is 22.6. The lowest BCUT2D eigenvalue weighted by molar-refractivity contribution is 1.35. The number of aryl methyl sites for hydroxylation is 5. The molecule has 0 fully saturated rings. The molecule has 5 aromatic carbocycles. The third kappa shape index (κ3) is 3.62. The molecule has 5 aromatic rings. The minimum atomic E-state index is 0.252. The molecule has 1 aliphatic rings. The van der Waals surface area contributed by atoms with E-state index >= 15 is 0 Å². The Kier molecular flexibility index (Phi) is 5.45. The van der Waals surface area contributed by atoms with E-state index < -0.39 is 0 Å². The van der Waals surface area contributed by atoms with E-state index in [1.54, 1.807) is 0 Å². The Morgan fingerprint density at radius 2 is 0.833 bits per heavy atom. The summed E-state index contributed by atoms with van der Waals surface area (Å²) in [6, 6.07) is 36.1. The Balaban J connectivity index is 1.66. The number of hydrogen-bond acceptors (Lipinski definition) is 0. The van der Waals surface area contributed by atoms with Gasteiger partial charge in [0, 0.05) is 0 Å². The summed E-state index contributed by atoms with van der Waals surface area (Å²) in [5.74, 6) is 0. The van der Waals surface area contributed by atoms with Gasteiger partial charge in [-0.2, -0.15) is 0 Å². The Labute approximate surface area is 215 Å². The first-order chi connectivity index (χ1) is 17.4. The maximum atomic E-state index is 2.46. The van der Waals surface area contributed by atoms with Crippen LogP contribution in [0.15, 0.2) is 97.1 Å². The minimum Gasteiger partial charge on any atom is -0.0629 e. The lowest BCUT2D eigenvalue weighted by Gasteiger charge is -2.19. The van der Waals surface area contributed by atoms with E-state index in [-0.39, 0.29) is 6.71 Å². The average molecular weight is 462 g/mol. The smallest absolute Gasteiger partial charge is 0.0629 e. The predicted molar refractivity (Wildman–Crippen MR) is 158 cm³/mol. The van der Waals surface area contributed by atoms with E-state index in [0.29, 0.717) is 0 Å². The van der Waals surface area contributed by atoms with Crippen molar-refractivity contribution in [2.45, 2.75) is 34.6 Å². The highest BCUT2D eigenvalue weighted by Crippen LogP contribution is 2.35. The van der Waals surface area contributed by atoms with Crippen molar-refractivity contribution in [3.63, 3.8) is 0 Å². The van der Waals surface area contributed by atoms with Crippen molar-refractivity contribution in [2.24, 2.45) is 0 Å². The largest absolute Gasteiger partial charge is 0.243 e. The van der Waals surface area contributed by atoms with Crippen LogP contribution in [0.2, 0.25) is 0 Å². The summed E-state index contributed by atoms with van der Waals surface area (Å²) in [5.41, 5.74) is 19.0. The van der Waals surface area contributed by atoms with Crippen LogP contribution in [0.4, 0.5) is 0 Å². The van der Waals surface area contributed by atoms with Gasteiger partial charge in [-0.3, -0.25) is 0 Å². The van der Waals surface area contributed by atoms with E-state index in [2.05, 4.69) is 132 Å². The van der Waals surface area contributed by atoms with E-state index in [9.17, 15) is 0 Å². The molecule has 0 unspecified atom stereocenters. The molecule has 6 rings (SSSR count). The van der Waals surface area contributed by atoms with E-state index in [0.717, 1.165) is 0 Å². The molecular weight excluding hydrogens is 431 g/mol. The zero-order valence-electron chi connectivity index (χ0n) is 21.8. The van der Waals surface area contributed by atoms with Crippen molar-refractivity contribution in [1.29, 1.82) is 0 Å². The summed E-state index contributed by atoms with van der Waals surface area (Å²) in [7, 11) is 0. The molecule has 1 heterocycles. The highest BCUT2D eigenvalue weighted by atomic mass is 14.2. The SMILES string of the molecule is Cc1cc(C)c(B2c3cc(C)c(-c4ccccc4)cc3-c3cc(-c4ccccc4)c(C)cc32)c(C)c1. The Morgan fingerprint density at radius 1 is 0.417 bits per heavy atom. The van der Waals surface area contributed by atoms with Crippen molar-refractivity contribution >= 4 is 23.1 Å². The number of fused-ring (bicyclic) bond motifs is 3. The molecule has 0 aliphatic carbocycles. The molecule has 0 atom stereocenters. The van der Waals surface area contributed by atoms with Gasteiger partial charge in [-0.1, -0.05) is 118 Å². The molecule has 0 nitrogen and oxygen atoms in total. The van der Waals surface area contributed by atoms with Gasteiger partial charge in [0.1, 0.15) is 0 Å². The summed E-state index contributed by atoms with van der Waals surface area (Å²) in [6.07, 6.45) is 0. The number of benzene rings is 5. The van der Waals surface area contributed by atoms with Crippen molar-refractivity contribution in [2.75, 3.05) is 0 Å². The molecule has 0 spiro atoms. The van der Waals surface area contributed by atoms with Gasteiger partial charge >= 0.3 is 0 Å². The van der Waals surface area contributed by atoms with Gasteiger partial charge in [-0.05, 0) is 91.3 Å². The zero-order chi connectivity index (χ0) is 25.0. The topological polar surface area (TPSA) is 0 Å². The second kappa shape index (κ2) is 8.68. The van der Waals surface area contributed by atoms with Crippen LogP contribution >= 0.6 is 0 Å². The van der Waals surface area contributed by atoms with Crippen LogP contribution in [0.3, 0.4) is 0 Å². The molecule has 0 saturated heterocycles. The van der Waals surface area contributed by atoms with Gasteiger partial charge in [0.25, 0.3) is 0 Å². The van der Waals surface area contributed by atoms with E-state index in [1.165, 1.54) is 77.6 Å². The second-order valence-electron chi connectivity index (χ2n) is 10.5. The van der Waals surface area contributed by atoms with Gasteiger partial charge in [0.2, 0.25) is 6.71 Å². The van der Waals surface area contributed by atoms with Gasteiger partial charge in [0.15, 0.2) is 0 Å². The highest BCUT2D eigenvalue weighted by molar-refractivity contribution is 6.99. The monoisotopic (exact) mass is 462 g/mol. The van der Waals surface area contributed by atoms with Gasteiger partial charge < -0.3 is 0 Å². The molecule has 174 valence electrons. The Bertz CT molecular complexity index is 1490. The normalized spacial score (nSPS) is 12.0. The van der Waals surface area contributed by atoms with Crippen molar-refractivity contribution < 1.29 is 0 Å². The third-order valence-electron chi connectivity index (χ3n) is 7.90. The summed E-state index contributed by atoms with van der Waals surface area (Å²) < 4.78 is 0. The maximum Gasteiger partial charge on any atom is 0.243 e. The van der Waals surface area contributed by atoms with Crippen molar-refractivity contribution in [3.05, 3.63) is 125 Å². The summed E-state index contributed by atoms with van der Waals surface area (Å²) in [5, 5.41) is 0. The fraction of sp³-hybridized carbons (Fsp3) is 0.143. The van der Waals surface area contributed by atoms with Crippen LogP contribution < -0.4 is 16.4 Å². The fourth-order valence-corrected chi connectivity index (χ4v) is 6.39. The standard InChI is InChI=1S/C35H31B/c1-22-16-25(4)35(26(5)17-22)36-33-18-23(2)29(27-12-8-6-9-13-27)20-31(33)32-21-30(24(3)19-34(32)36)28-14-10-7-11-15-28/h6-21H,1-5H3. The Hall–Kier alpha value is -3.84. The predicted octanol–water partition coefficient (Wildman–Crippen LogP) is 7.06. The van der Waals surface area contributed by atoms with Crippen LogP contribution in [0.5, 0.6) is 0 Å². The second-order valence-corrected chi connectivity index (χ2v) is 10.5. The summed E-state index contributed by atoms with van der Waals surface area (Å²) >= 11 is 0. The molecule has 0 radical (unpaired) electrons. The molecule has 0 amide bonds. The van der Waals surface area contributed by atoms with Gasteiger partial charge in [-0.15, -0.1) is 0 Å². The maximum absolute atomic E-state index is 2.46. The van der Waals surface area contributed by atoms with Crippen LogP contribution in [0, 0.1) is 34.6 Å². The van der Waals surface area contributed by atoms with Crippen LogP contribution in [0.1, 0.15) is 27.8 Å². The lowest BCUT2D eigenvalue weighted by Crippen LogP contribution is -2.51. The number of hydrogen-bond donors (Lipinski definition) is 0. The molecule has 1 heteroatoms. The van der Waals surface area contributed by atoms with Crippen LogP contribution in [0.25, 0.3) is 33.4 Å². The highest BCUT2D eigenvalue weighted by Gasteiger charge is 2.36. The van der Waals surface area contributed by atoms with E-state index in [1.807, 2.05) is 0 Å². The third-order valence-corrected chi connectivity index (χ3v) is 7.90. The lowest BCUT2D eigenvalue weighted by atomic mass is 9.37. The van der Waals surface area contributed by atoms with Crippen LogP contribution in [-0.4, -0.2) is 6.71 Å². The molecule has 36 heavy (non-hydrogen) atoms. The number of rotatable bonds is 3. The summed E-state index contributed by atoms with van der Waals surface area (Å²) in [6.45, 7) is 11.5. The molecule has 1 aliphatic heterocycles. The molecule has 0 aromatic heterocycles. The first-order valence-corrected chi connectivity index (χ1v) is 12.9. The van der Waals surface area contributed by atoms with Gasteiger partial charge in [-0.25, -0.2) is 0 Å². The summed E-state index contributed by atoms with van der Waals surface area (Å²) in [4.78, 5) is 0. The molecule has 0 saturated carbocycles. The van der Waals surface area contributed by atoms with Crippen molar-refractivity contribution in [3.8, 4) is 33.4 Å². The molecule has 0 N–H and O–H groups in total. The first-order valence-electron chi connectivity index (χ1n) is 12.9. The molecular formula is C35H31B. The van der Waals surface area contributed by atoms with Crippen molar-refractivity contribution in [1.82, 2.24) is 0 Å². The quantitative estimate of drug-likeness (QED) is 0.247. The van der Waals surface area contributed by atoms with E-state index in [4.69, 9.17) is 0 Å². The molecule has 0 bridgehead atoms. The minimum absolute atomic E-state index is 0.252. The van der Waals surface area contributed by atoms with Crippen LogP contribution in [-0.2, 0) is 0 Å². The average Bonchev–Trinajstić information content (AvgIpc) is 3.15. The fourth-order valence-electron chi connectivity index (χ4n) is 6.39.